The van der Waals surface area contributed by atoms with Crippen molar-refractivity contribution in [3.63, 3.8) is 0 Å². The number of carboxylic acid groups (broad SMARTS) is 1. The average Bonchev–Trinajstić information content (AvgIpc) is 2.84. The summed E-state index contributed by atoms with van der Waals surface area (Å²) in [5.41, 5.74) is 4.43. The van der Waals surface area contributed by atoms with Gasteiger partial charge in [0.1, 0.15) is 12.2 Å². The van der Waals surface area contributed by atoms with E-state index in [2.05, 4.69) is 5.10 Å². The Hall–Kier alpha value is -2.51. The molecule has 0 aliphatic heterocycles. The van der Waals surface area contributed by atoms with Crippen LogP contribution in [0.15, 0.2) is 12.3 Å². The Kier molecular flexibility index (Phi) is 6.18. The number of aromatic nitrogens is 2. The van der Waals surface area contributed by atoms with E-state index >= 15 is 0 Å². The molecule has 1 heterocycles. The highest BCUT2D eigenvalue weighted by Crippen LogP contribution is 2.22. The van der Waals surface area contributed by atoms with Crippen LogP contribution >= 0.6 is 0 Å². The summed E-state index contributed by atoms with van der Waals surface area (Å²) in [5.74, 6) is -0.710. The van der Waals surface area contributed by atoms with E-state index in [0.717, 1.165) is 0 Å². The van der Waals surface area contributed by atoms with Crippen LogP contribution in [-0.4, -0.2) is 40.2 Å². The van der Waals surface area contributed by atoms with Crippen LogP contribution in [-0.2, 0) is 4.74 Å². The number of aromatic carboxylic acids is 1. The molecule has 0 aromatic carbocycles. The summed E-state index contributed by atoms with van der Waals surface area (Å²) in [4.78, 5) is 21.9. The first-order chi connectivity index (χ1) is 10.6. The molecule has 1 rings (SSSR count). The van der Waals surface area contributed by atoms with E-state index in [1.165, 1.54) is 10.9 Å². The zero-order valence-corrected chi connectivity index (χ0v) is 13.8. The molecule has 0 radical (unpaired) electrons. The standard InChI is InChI=1S/C15H23N3O5/c1-10(2)8-22-12-11(13(19)20)7-17-18(12)6-5-15(3,4)9-23-14(16)21/h5-7,10H,8-9H2,1-4H3,(H2,16,21)(H,19,20)/b6-5+. The van der Waals surface area contributed by atoms with Crippen molar-refractivity contribution in [3.05, 3.63) is 17.8 Å². The van der Waals surface area contributed by atoms with Crippen molar-refractivity contribution in [2.75, 3.05) is 13.2 Å². The number of carbonyl (C=O) groups is 2. The number of carboxylic acids is 1. The minimum Gasteiger partial charge on any atom is -0.477 e. The summed E-state index contributed by atoms with van der Waals surface area (Å²) < 4.78 is 11.7. The first-order valence-corrected chi connectivity index (χ1v) is 7.17. The lowest BCUT2D eigenvalue weighted by atomic mass is 9.95. The number of ether oxygens (including phenoxy) is 2. The number of nitrogens with two attached hydrogens (primary N) is 1. The van der Waals surface area contributed by atoms with E-state index in [0.29, 0.717) is 6.61 Å². The van der Waals surface area contributed by atoms with Gasteiger partial charge in [0.15, 0.2) is 0 Å². The number of amides is 1. The number of rotatable bonds is 8. The zero-order chi connectivity index (χ0) is 17.6. The van der Waals surface area contributed by atoms with Crippen molar-refractivity contribution >= 4 is 18.3 Å². The average molecular weight is 325 g/mol. The summed E-state index contributed by atoms with van der Waals surface area (Å²) in [5, 5.41) is 13.2. The van der Waals surface area contributed by atoms with Crippen molar-refractivity contribution in [1.29, 1.82) is 0 Å². The SMILES string of the molecule is CC(C)COc1c(C(=O)O)cnn1/C=C/C(C)(C)COC(N)=O. The second-order valence-electron chi connectivity index (χ2n) is 6.23. The maximum absolute atomic E-state index is 11.2. The molecule has 0 unspecified atom stereocenters. The van der Waals surface area contributed by atoms with E-state index in [-0.39, 0.29) is 24.0 Å². The Bertz CT molecular complexity index is 590. The van der Waals surface area contributed by atoms with Crippen molar-refractivity contribution < 1.29 is 24.2 Å². The molecular formula is C15H23N3O5. The van der Waals surface area contributed by atoms with Gasteiger partial charge in [0.05, 0.1) is 12.8 Å². The smallest absolute Gasteiger partial charge is 0.404 e. The van der Waals surface area contributed by atoms with Gasteiger partial charge in [0, 0.05) is 11.6 Å². The predicted octanol–water partition coefficient (Wildman–Crippen LogP) is 2.21. The maximum atomic E-state index is 11.2. The monoisotopic (exact) mass is 325 g/mol. The highest BCUT2D eigenvalue weighted by atomic mass is 16.5. The molecule has 0 aliphatic rings. The molecule has 8 heteroatoms. The lowest BCUT2D eigenvalue weighted by Gasteiger charge is -2.19. The molecule has 0 atom stereocenters. The van der Waals surface area contributed by atoms with Gasteiger partial charge in [-0.15, -0.1) is 0 Å². The molecule has 0 saturated carbocycles. The first-order valence-electron chi connectivity index (χ1n) is 7.17. The second kappa shape index (κ2) is 7.66. The summed E-state index contributed by atoms with van der Waals surface area (Å²) in [7, 11) is 0. The number of hydrogen-bond donors (Lipinski definition) is 2. The molecular weight excluding hydrogens is 302 g/mol. The van der Waals surface area contributed by atoms with Crippen LogP contribution in [0.25, 0.3) is 6.20 Å². The van der Waals surface area contributed by atoms with Crippen molar-refractivity contribution in [1.82, 2.24) is 9.78 Å². The van der Waals surface area contributed by atoms with Crippen molar-refractivity contribution in [3.8, 4) is 5.88 Å². The minimum absolute atomic E-state index is 0.0125. The molecule has 0 aliphatic carbocycles. The fourth-order valence-electron chi connectivity index (χ4n) is 1.57. The molecule has 1 aromatic heterocycles. The number of hydrogen-bond acceptors (Lipinski definition) is 5. The van der Waals surface area contributed by atoms with Gasteiger partial charge in [-0.05, 0) is 5.92 Å². The number of nitrogens with zero attached hydrogens (tertiary/aromatic N) is 2. The molecule has 3 N–H and O–H groups in total. The van der Waals surface area contributed by atoms with Crippen LogP contribution in [0.4, 0.5) is 4.79 Å². The molecule has 1 aromatic rings. The van der Waals surface area contributed by atoms with Crippen LogP contribution in [0.1, 0.15) is 38.1 Å². The highest BCUT2D eigenvalue weighted by Gasteiger charge is 2.20. The second-order valence-corrected chi connectivity index (χ2v) is 6.23. The van der Waals surface area contributed by atoms with Crippen LogP contribution in [0.2, 0.25) is 0 Å². The summed E-state index contributed by atoms with van der Waals surface area (Å²) in [6.45, 7) is 8.05. The Morgan fingerprint density at radius 3 is 2.65 bits per heavy atom. The summed E-state index contributed by atoms with van der Waals surface area (Å²) in [6.07, 6.45) is 3.69. The molecule has 0 saturated heterocycles. The Morgan fingerprint density at radius 1 is 1.48 bits per heavy atom. The molecule has 0 spiro atoms. The lowest BCUT2D eigenvalue weighted by Crippen LogP contribution is -2.23. The highest BCUT2D eigenvalue weighted by molar-refractivity contribution is 5.90. The van der Waals surface area contributed by atoms with Crippen molar-refractivity contribution in [2.24, 2.45) is 17.1 Å². The van der Waals surface area contributed by atoms with E-state index in [1.54, 1.807) is 12.3 Å². The Morgan fingerprint density at radius 2 is 2.13 bits per heavy atom. The number of carbonyl (C=O) groups excluding carboxylic acids is 1. The quantitative estimate of drug-likeness (QED) is 0.757. The third-order valence-electron chi connectivity index (χ3n) is 2.79. The summed E-state index contributed by atoms with van der Waals surface area (Å²) >= 11 is 0. The normalized spacial score (nSPS) is 11.9. The molecule has 128 valence electrons. The van der Waals surface area contributed by atoms with Crippen LogP contribution in [0, 0.1) is 11.3 Å². The Labute approximate surface area is 134 Å². The van der Waals surface area contributed by atoms with Crippen molar-refractivity contribution in [2.45, 2.75) is 27.7 Å². The maximum Gasteiger partial charge on any atom is 0.404 e. The fourth-order valence-corrected chi connectivity index (χ4v) is 1.57. The first kappa shape index (κ1) is 18.5. The molecule has 0 bridgehead atoms. The van der Waals surface area contributed by atoms with Gasteiger partial charge in [0.2, 0.25) is 5.88 Å². The topological polar surface area (TPSA) is 117 Å². The summed E-state index contributed by atoms with van der Waals surface area (Å²) in [6, 6.07) is 0. The lowest BCUT2D eigenvalue weighted by molar-refractivity contribution is 0.0691. The zero-order valence-electron chi connectivity index (χ0n) is 13.8. The van der Waals surface area contributed by atoms with Crippen LogP contribution in [0.5, 0.6) is 5.88 Å². The van der Waals surface area contributed by atoms with Gasteiger partial charge in [-0.25, -0.2) is 14.3 Å². The molecule has 8 nitrogen and oxygen atoms in total. The minimum atomic E-state index is -1.11. The van der Waals surface area contributed by atoms with Gasteiger partial charge in [-0.1, -0.05) is 33.8 Å². The largest absolute Gasteiger partial charge is 0.477 e. The third-order valence-corrected chi connectivity index (χ3v) is 2.79. The van der Waals surface area contributed by atoms with Gasteiger partial charge in [0.25, 0.3) is 0 Å². The molecule has 23 heavy (non-hydrogen) atoms. The van der Waals surface area contributed by atoms with E-state index < -0.39 is 17.5 Å². The van der Waals surface area contributed by atoms with Gasteiger partial charge < -0.3 is 20.3 Å². The molecule has 1 amide bonds. The molecule has 0 fully saturated rings. The van der Waals surface area contributed by atoms with Gasteiger partial charge in [-0.2, -0.15) is 5.10 Å². The van der Waals surface area contributed by atoms with E-state index in [9.17, 15) is 14.7 Å². The van der Waals surface area contributed by atoms with Crippen LogP contribution < -0.4 is 10.5 Å². The van der Waals surface area contributed by atoms with Gasteiger partial charge >= 0.3 is 12.1 Å². The predicted molar refractivity (Wildman–Crippen MR) is 84.2 cm³/mol. The van der Waals surface area contributed by atoms with E-state index in [4.69, 9.17) is 15.2 Å². The third kappa shape index (κ3) is 6.01. The fraction of sp³-hybridized carbons (Fsp3) is 0.533. The number of primary amides is 1. The Balaban J connectivity index is 2.96. The van der Waals surface area contributed by atoms with Gasteiger partial charge in [-0.3, -0.25) is 0 Å². The van der Waals surface area contributed by atoms with Crippen LogP contribution in [0.3, 0.4) is 0 Å². The van der Waals surface area contributed by atoms with E-state index in [1.807, 2.05) is 27.7 Å².